The van der Waals surface area contributed by atoms with Crippen molar-refractivity contribution < 1.29 is 24.2 Å². The van der Waals surface area contributed by atoms with Crippen molar-refractivity contribution in [3.63, 3.8) is 0 Å². The van der Waals surface area contributed by atoms with Gasteiger partial charge >= 0.3 is 0 Å². The van der Waals surface area contributed by atoms with Crippen LogP contribution in [0.4, 0.5) is 5.69 Å². The lowest BCUT2D eigenvalue weighted by Crippen LogP contribution is -2.33. The smallest absolute Gasteiger partial charge is 0.294 e. The fourth-order valence-electron chi connectivity index (χ4n) is 4.06. The summed E-state index contributed by atoms with van der Waals surface area (Å²) in [6, 6.07) is 15.5. The third-order valence-electron chi connectivity index (χ3n) is 5.78. The molecule has 0 saturated carbocycles. The van der Waals surface area contributed by atoms with Gasteiger partial charge in [-0.05, 0) is 53.1 Å². The van der Waals surface area contributed by atoms with Crippen LogP contribution in [0.5, 0.6) is 5.75 Å². The summed E-state index contributed by atoms with van der Waals surface area (Å²) in [6.07, 6.45) is 0. The van der Waals surface area contributed by atoms with Gasteiger partial charge in [-0.1, -0.05) is 51.1 Å². The molecule has 180 valence electrons. The van der Waals surface area contributed by atoms with Crippen LogP contribution in [-0.2, 0) is 14.4 Å². The second-order valence-electron chi connectivity index (χ2n) is 9.51. The van der Waals surface area contributed by atoms with E-state index < -0.39 is 23.1 Å². The molecule has 0 fully saturated rings. The average Bonchev–Trinajstić information content (AvgIpc) is 3.44. The number of anilines is 1. The van der Waals surface area contributed by atoms with E-state index in [2.05, 4.69) is 0 Å². The molecule has 0 bridgehead atoms. The van der Waals surface area contributed by atoms with E-state index in [-0.39, 0.29) is 23.7 Å². The van der Waals surface area contributed by atoms with Gasteiger partial charge in [-0.15, -0.1) is 0 Å². The second-order valence-corrected chi connectivity index (χ2v) is 10.3. The highest BCUT2D eigenvalue weighted by Gasteiger charge is 2.47. The maximum atomic E-state index is 13.5. The molecular weight excluding hydrogens is 462 g/mol. The van der Waals surface area contributed by atoms with Crippen molar-refractivity contribution in [3.8, 4) is 16.9 Å². The minimum atomic E-state index is -0.913. The molecule has 0 aliphatic carbocycles. The standard InChI is InChI=1S/C28H27NO5S/c1-17(30)15-34-22-8-6-5-7-21(22)24-23(26(32)28(2,3)4)25(31)27(33)29(24)20-11-9-18(10-12-20)19-13-14-35-16-19/h5-14,16,24,31H,15H2,1-4H3. The summed E-state index contributed by atoms with van der Waals surface area (Å²) in [5.41, 5.74) is 2.29. The summed E-state index contributed by atoms with van der Waals surface area (Å²) in [7, 11) is 0. The molecule has 1 aliphatic rings. The van der Waals surface area contributed by atoms with E-state index in [9.17, 15) is 19.5 Å². The SMILES string of the molecule is CC(=O)COc1ccccc1C1C(C(=O)C(C)(C)C)=C(O)C(=O)N1c1ccc(-c2ccsc2)cc1. The summed E-state index contributed by atoms with van der Waals surface area (Å²) < 4.78 is 5.75. The van der Waals surface area contributed by atoms with E-state index in [1.807, 2.05) is 29.0 Å². The quantitative estimate of drug-likeness (QED) is 0.447. The van der Waals surface area contributed by atoms with E-state index in [1.54, 1.807) is 68.5 Å². The van der Waals surface area contributed by atoms with Crippen molar-refractivity contribution in [2.24, 2.45) is 5.41 Å². The van der Waals surface area contributed by atoms with Crippen LogP contribution in [0.3, 0.4) is 0 Å². The number of benzene rings is 2. The summed E-state index contributed by atoms with van der Waals surface area (Å²) in [5.74, 6) is -1.36. The summed E-state index contributed by atoms with van der Waals surface area (Å²) in [4.78, 5) is 39.9. The first-order valence-electron chi connectivity index (χ1n) is 11.2. The van der Waals surface area contributed by atoms with E-state index >= 15 is 0 Å². The van der Waals surface area contributed by atoms with Crippen molar-refractivity contribution in [1.29, 1.82) is 0 Å². The number of carbonyl (C=O) groups excluding carboxylic acids is 3. The summed E-state index contributed by atoms with van der Waals surface area (Å²) in [5, 5.41) is 15.0. The number of aliphatic hydroxyl groups is 1. The minimum Gasteiger partial charge on any atom is -0.503 e. The van der Waals surface area contributed by atoms with Gasteiger partial charge in [-0.25, -0.2) is 0 Å². The largest absolute Gasteiger partial charge is 0.503 e. The van der Waals surface area contributed by atoms with E-state index in [1.165, 1.54) is 11.8 Å². The fourth-order valence-corrected chi connectivity index (χ4v) is 4.73. The lowest BCUT2D eigenvalue weighted by molar-refractivity contribution is -0.123. The van der Waals surface area contributed by atoms with Crippen LogP contribution in [0.2, 0.25) is 0 Å². The molecule has 4 rings (SSSR count). The van der Waals surface area contributed by atoms with Gasteiger partial charge in [0.1, 0.15) is 12.4 Å². The van der Waals surface area contributed by atoms with Gasteiger partial charge in [0.2, 0.25) is 0 Å². The van der Waals surface area contributed by atoms with E-state index in [0.717, 1.165) is 11.1 Å². The molecule has 7 heteroatoms. The third-order valence-corrected chi connectivity index (χ3v) is 6.46. The monoisotopic (exact) mass is 489 g/mol. The number of ketones is 2. The molecule has 35 heavy (non-hydrogen) atoms. The van der Waals surface area contributed by atoms with Gasteiger partial charge < -0.3 is 9.84 Å². The number of rotatable bonds is 7. The second kappa shape index (κ2) is 9.50. The van der Waals surface area contributed by atoms with E-state index in [4.69, 9.17) is 4.74 Å². The summed E-state index contributed by atoms with van der Waals surface area (Å²) >= 11 is 1.60. The molecule has 0 spiro atoms. The molecule has 1 unspecified atom stereocenters. The van der Waals surface area contributed by atoms with Crippen molar-refractivity contribution in [2.45, 2.75) is 33.7 Å². The Morgan fingerprint density at radius 1 is 1.03 bits per heavy atom. The lowest BCUT2D eigenvalue weighted by Gasteiger charge is -2.30. The number of thiophene rings is 1. The number of nitrogens with zero attached hydrogens (tertiary/aromatic N) is 1. The zero-order valence-corrected chi connectivity index (χ0v) is 20.9. The topological polar surface area (TPSA) is 83.9 Å². The lowest BCUT2D eigenvalue weighted by atomic mass is 9.82. The molecule has 1 atom stereocenters. The Kier molecular flexibility index (Phi) is 6.63. The number of para-hydroxylation sites is 1. The van der Waals surface area contributed by atoms with E-state index in [0.29, 0.717) is 17.0 Å². The van der Waals surface area contributed by atoms with Crippen LogP contribution in [0.25, 0.3) is 11.1 Å². The maximum absolute atomic E-state index is 13.5. The van der Waals surface area contributed by atoms with Crippen LogP contribution in [-0.4, -0.2) is 29.2 Å². The number of hydrogen-bond donors (Lipinski definition) is 1. The van der Waals surface area contributed by atoms with Crippen molar-refractivity contribution in [2.75, 3.05) is 11.5 Å². The number of carbonyl (C=O) groups is 3. The Hall–Kier alpha value is -3.71. The number of Topliss-reactive ketones (excluding diaryl/α,β-unsaturated/α-hetero) is 2. The molecule has 6 nitrogen and oxygen atoms in total. The van der Waals surface area contributed by atoms with Crippen LogP contribution in [0.1, 0.15) is 39.3 Å². The highest BCUT2D eigenvalue weighted by atomic mass is 32.1. The van der Waals surface area contributed by atoms with Crippen LogP contribution in [0.15, 0.2) is 76.7 Å². The van der Waals surface area contributed by atoms with Crippen LogP contribution < -0.4 is 9.64 Å². The predicted octanol–water partition coefficient (Wildman–Crippen LogP) is 5.90. The Balaban J connectivity index is 1.85. The number of hydrogen-bond acceptors (Lipinski definition) is 6. The maximum Gasteiger partial charge on any atom is 0.294 e. The highest BCUT2D eigenvalue weighted by Crippen LogP contribution is 2.46. The van der Waals surface area contributed by atoms with Crippen LogP contribution >= 0.6 is 11.3 Å². The first kappa shape index (κ1) is 24.4. The molecule has 2 aromatic carbocycles. The molecule has 0 saturated heterocycles. The predicted molar refractivity (Wildman–Crippen MR) is 137 cm³/mol. The first-order valence-corrected chi connectivity index (χ1v) is 12.2. The molecule has 2 heterocycles. The number of amides is 1. The Labute approximate surface area is 208 Å². The Morgan fingerprint density at radius 2 is 1.71 bits per heavy atom. The molecule has 1 N–H and O–H groups in total. The van der Waals surface area contributed by atoms with Gasteiger partial charge in [0.25, 0.3) is 5.91 Å². The van der Waals surface area contributed by atoms with Crippen LogP contribution in [0, 0.1) is 5.41 Å². The summed E-state index contributed by atoms with van der Waals surface area (Å²) in [6.45, 7) is 6.50. The van der Waals surface area contributed by atoms with Crippen molar-refractivity contribution >= 4 is 34.5 Å². The zero-order valence-electron chi connectivity index (χ0n) is 20.1. The zero-order chi connectivity index (χ0) is 25.3. The van der Waals surface area contributed by atoms with Gasteiger partial charge in [0.15, 0.2) is 17.3 Å². The van der Waals surface area contributed by atoms with Gasteiger partial charge in [0, 0.05) is 16.7 Å². The third kappa shape index (κ3) is 4.77. The molecule has 1 amide bonds. The van der Waals surface area contributed by atoms with Crippen molar-refractivity contribution in [3.05, 3.63) is 82.3 Å². The van der Waals surface area contributed by atoms with Gasteiger partial charge in [-0.2, -0.15) is 11.3 Å². The molecule has 1 aliphatic heterocycles. The van der Waals surface area contributed by atoms with Gasteiger partial charge in [-0.3, -0.25) is 19.3 Å². The molecule has 1 aromatic heterocycles. The molecular formula is C28H27NO5S. The van der Waals surface area contributed by atoms with Gasteiger partial charge in [0.05, 0.1) is 11.6 Å². The average molecular weight is 490 g/mol. The normalized spacial score (nSPS) is 16.1. The Bertz CT molecular complexity index is 1300. The number of ether oxygens (including phenoxy) is 1. The first-order chi connectivity index (χ1) is 16.6. The fraction of sp³-hybridized carbons (Fsp3) is 0.250. The Morgan fingerprint density at radius 3 is 2.31 bits per heavy atom. The molecule has 3 aromatic rings. The minimum absolute atomic E-state index is 0.0169. The number of aliphatic hydroxyl groups excluding tert-OH is 1. The molecule has 0 radical (unpaired) electrons. The highest BCUT2D eigenvalue weighted by molar-refractivity contribution is 7.08. The van der Waals surface area contributed by atoms with Crippen molar-refractivity contribution in [1.82, 2.24) is 0 Å².